The molecule has 1 aliphatic heterocycles. The first kappa shape index (κ1) is 19.1. The molecule has 3 amide bonds. The van der Waals surface area contributed by atoms with Gasteiger partial charge in [-0.3, -0.25) is 4.79 Å². The van der Waals surface area contributed by atoms with Crippen molar-refractivity contribution in [1.29, 1.82) is 0 Å². The molecule has 1 N–H and O–H groups in total. The fourth-order valence-corrected chi connectivity index (χ4v) is 2.76. The number of nitrogens with zero attached hydrogens (tertiary/aromatic N) is 2. The summed E-state index contributed by atoms with van der Waals surface area (Å²) in [7, 11) is 1.64. The predicted octanol–water partition coefficient (Wildman–Crippen LogP) is 2.14. The van der Waals surface area contributed by atoms with E-state index in [2.05, 4.69) is 19.2 Å². The Labute approximate surface area is 150 Å². The molecule has 6 heteroatoms. The third-order valence-corrected chi connectivity index (χ3v) is 4.37. The van der Waals surface area contributed by atoms with Gasteiger partial charge in [-0.1, -0.05) is 26.0 Å². The van der Waals surface area contributed by atoms with Crippen LogP contribution in [0.5, 0.6) is 5.75 Å². The summed E-state index contributed by atoms with van der Waals surface area (Å²) in [5, 5.41) is 2.93. The third-order valence-electron chi connectivity index (χ3n) is 4.37. The monoisotopic (exact) mass is 347 g/mol. The largest absolute Gasteiger partial charge is 0.497 e. The summed E-state index contributed by atoms with van der Waals surface area (Å²) in [6.45, 7) is 7.22. The minimum Gasteiger partial charge on any atom is -0.497 e. The fourth-order valence-electron chi connectivity index (χ4n) is 2.76. The van der Waals surface area contributed by atoms with E-state index in [4.69, 9.17) is 4.74 Å². The Kier molecular flexibility index (Phi) is 7.10. The Morgan fingerprint density at radius 2 is 1.68 bits per heavy atom. The molecule has 138 valence electrons. The number of hydrogen-bond donors (Lipinski definition) is 1. The number of nitrogens with one attached hydrogen (secondary N) is 1. The second kappa shape index (κ2) is 9.30. The number of benzene rings is 1. The highest BCUT2D eigenvalue weighted by atomic mass is 16.5. The Morgan fingerprint density at radius 3 is 2.24 bits per heavy atom. The number of ether oxygens (including phenoxy) is 1. The zero-order valence-corrected chi connectivity index (χ0v) is 15.5. The highest BCUT2D eigenvalue weighted by Gasteiger charge is 2.23. The molecule has 1 aliphatic rings. The maximum atomic E-state index is 12.4. The highest BCUT2D eigenvalue weighted by molar-refractivity contribution is 5.78. The zero-order chi connectivity index (χ0) is 18.2. The van der Waals surface area contributed by atoms with Gasteiger partial charge in [0.05, 0.1) is 7.11 Å². The van der Waals surface area contributed by atoms with Crippen LogP contribution in [0.2, 0.25) is 0 Å². The molecule has 25 heavy (non-hydrogen) atoms. The molecule has 0 spiro atoms. The van der Waals surface area contributed by atoms with Crippen molar-refractivity contribution in [1.82, 2.24) is 15.1 Å². The summed E-state index contributed by atoms with van der Waals surface area (Å²) < 4.78 is 5.14. The van der Waals surface area contributed by atoms with Gasteiger partial charge in [0.1, 0.15) is 5.75 Å². The van der Waals surface area contributed by atoms with Gasteiger partial charge in [0, 0.05) is 39.1 Å². The van der Waals surface area contributed by atoms with Crippen molar-refractivity contribution in [2.45, 2.75) is 26.7 Å². The number of carbonyl (C=O) groups is 2. The van der Waals surface area contributed by atoms with E-state index in [1.807, 2.05) is 29.2 Å². The standard InChI is InChI=1S/C19H29N3O3/c1-15(2)14-20-19(24)22-12-10-21(11-13-22)18(23)9-6-16-4-7-17(25-3)8-5-16/h4-5,7-8,15H,6,9-14H2,1-3H3,(H,20,24). The minimum atomic E-state index is -0.0287. The molecule has 0 saturated carbocycles. The van der Waals surface area contributed by atoms with Gasteiger partial charge in [-0.25, -0.2) is 4.79 Å². The molecule has 1 fully saturated rings. The van der Waals surface area contributed by atoms with Crippen molar-refractivity contribution in [2.75, 3.05) is 39.8 Å². The molecule has 6 nitrogen and oxygen atoms in total. The number of urea groups is 1. The first-order chi connectivity index (χ1) is 12.0. The lowest BCUT2D eigenvalue weighted by atomic mass is 10.1. The first-order valence-corrected chi connectivity index (χ1v) is 8.93. The summed E-state index contributed by atoms with van der Waals surface area (Å²) in [4.78, 5) is 28.1. The number of methoxy groups -OCH3 is 1. The number of hydrogen-bond acceptors (Lipinski definition) is 3. The van der Waals surface area contributed by atoms with Gasteiger partial charge in [-0.2, -0.15) is 0 Å². The smallest absolute Gasteiger partial charge is 0.317 e. The second-order valence-corrected chi connectivity index (χ2v) is 6.80. The number of piperazine rings is 1. The molecule has 0 bridgehead atoms. The van der Waals surface area contributed by atoms with Gasteiger partial charge >= 0.3 is 6.03 Å². The van der Waals surface area contributed by atoms with Gasteiger partial charge in [0.2, 0.25) is 5.91 Å². The van der Waals surface area contributed by atoms with E-state index in [-0.39, 0.29) is 11.9 Å². The van der Waals surface area contributed by atoms with E-state index >= 15 is 0 Å². The molecule has 0 unspecified atom stereocenters. The number of amides is 3. The summed E-state index contributed by atoms with van der Waals surface area (Å²) in [6.07, 6.45) is 1.21. The lowest BCUT2D eigenvalue weighted by Gasteiger charge is -2.35. The van der Waals surface area contributed by atoms with Crippen LogP contribution in [0.25, 0.3) is 0 Å². The van der Waals surface area contributed by atoms with Crippen LogP contribution in [-0.4, -0.2) is 61.6 Å². The van der Waals surface area contributed by atoms with Crippen molar-refractivity contribution in [2.24, 2.45) is 5.92 Å². The van der Waals surface area contributed by atoms with Gasteiger partial charge in [0.25, 0.3) is 0 Å². The van der Waals surface area contributed by atoms with Crippen LogP contribution in [-0.2, 0) is 11.2 Å². The second-order valence-electron chi connectivity index (χ2n) is 6.80. The van der Waals surface area contributed by atoms with Crippen molar-refractivity contribution in [3.8, 4) is 5.75 Å². The molecule has 0 atom stereocenters. The van der Waals surface area contributed by atoms with Gasteiger partial charge < -0.3 is 19.9 Å². The molecular formula is C19H29N3O3. The summed E-state index contributed by atoms with van der Waals surface area (Å²) >= 11 is 0. The lowest BCUT2D eigenvalue weighted by molar-refractivity contribution is -0.132. The Bertz CT molecular complexity index is 564. The van der Waals surface area contributed by atoms with Crippen LogP contribution in [0.4, 0.5) is 4.79 Å². The number of rotatable bonds is 6. The molecule has 1 aromatic rings. The van der Waals surface area contributed by atoms with Gasteiger partial charge in [-0.05, 0) is 30.0 Å². The van der Waals surface area contributed by atoms with Crippen LogP contribution in [0.1, 0.15) is 25.8 Å². The Morgan fingerprint density at radius 1 is 1.08 bits per heavy atom. The van der Waals surface area contributed by atoms with Crippen LogP contribution >= 0.6 is 0 Å². The van der Waals surface area contributed by atoms with E-state index in [0.29, 0.717) is 45.1 Å². The maximum Gasteiger partial charge on any atom is 0.317 e. The average Bonchev–Trinajstić information content (AvgIpc) is 2.64. The van der Waals surface area contributed by atoms with E-state index in [1.54, 1.807) is 12.0 Å². The van der Waals surface area contributed by atoms with Crippen molar-refractivity contribution < 1.29 is 14.3 Å². The van der Waals surface area contributed by atoms with Crippen molar-refractivity contribution in [3.05, 3.63) is 29.8 Å². The topological polar surface area (TPSA) is 61.9 Å². The SMILES string of the molecule is COc1ccc(CCC(=O)N2CCN(C(=O)NCC(C)C)CC2)cc1. The third kappa shape index (κ3) is 5.96. The Balaban J connectivity index is 1.72. The Hall–Kier alpha value is -2.24. The number of aryl methyl sites for hydroxylation is 1. The molecule has 1 saturated heterocycles. The van der Waals surface area contributed by atoms with E-state index in [1.165, 1.54) is 0 Å². The van der Waals surface area contributed by atoms with E-state index < -0.39 is 0 Å². The van der Waals surface area contributed by atoms with Crippen LogP contribution in [0.15, 0.2) is 24.3 Å². The van der Waals surface area contributed by atoms with E-state index in [0.717, 1.165) is 17.7 Å². The van der Waals surface area contributed by atoms with Crippen molar-refractivity contribution in [3.63, 3.8) is 0 Å². The van der Waals surface area contributed by atoms with Crippen LogP contribution < -0.4 is 10.1 Å². The van der Waals surface area contributed by atoms with Gasteiger partial charge in [0.15, 0.2) is 0 Å². The molecular weight excluding hydrogens is 318 g/mol. The molecule has 2 rings (SSSR count). The average molecular weight is 347 g/mol. The molecule has 0 aliphatic carbocycles. The first-order valence-electron chi connectivity index (χ1n) is 8.93. The molecule has 1 aromatic carbocycles. The van der Waals surface area contributed by atoms with Gasteiger partial charge in [-0.15, -0.1) is 0 Å². The molecule has 0 aromatic heterocycles. The minimum absolute atomic E-state index is 0.0287. The van der Waals surface area contributed by atoms with Crippen LogP contribution in [0.3, 0.4) is 0 Å². The quantitative estimate of drug-likeness (QED) is 0.858. The van der Waals surface area contributed by atoms with E-state index in [9.17, 15) is 9.59 Å². The van der Waals surface area contributed by atoms with Crippen molar-refractivity contribution >= 4 is 11.9 Å². The lowest BCUT2D eigenvalue weighted by Crippen LogP contribution is -2.53. The van der Waals surface area contributed by atoms with Crippen LogP contribution in [0, 0.1) is 5.92 Å². The summed E-state index contributed by atoms with van der Waals surface area (Å²) in [6, 6.07) is 7.77. The number of carbonyl (C=O) groups excluding carboxylic acids is 2. The highest BCUT2D eigenvalue weighted by Crippen LogP contribution is 2.13. The summed E-state index contributed by atoms with van der Waals surface area (Å²) in [5.41, 5.74) is 1.13. The molecule has 1 heterocycles. The predicted molar refractivity (Wildman–Crippen MR) is 97.7 cm³/mol. The fraction of sp³-hybridized carbons (Fsp3) is 0.579. The normalized spacial score (nSPS) is 14.6. The maximum absolute atomic E-state index is 12.4. The molecule has 0 radical (unpaired) electrons. The summed E-state index contributed by atoms with van der Waals surface area (Å²) in [5.74, 6) is 1.41. The zero-order valence-electron chi connectivity index (χ0n) is 15.5.